The Kier molecular flexibility index (Phi) is 5.75. The summed E-state index contributed by atoms with van der Waals surface area (Å²) in [6, 6.07) is 7.95. The number of urea groups is 1. The van der Waals surface area contributed by atoms with Crippen LogP contribution in [0.1, 0.15) is 32.1 Å². The van der Waals surface area contributed by atoms with E-state index in [9.17, 15) is 4.79 Å². The van der Waals surface area contributed by atoms with Gasteiger partial charge in [-0.25, -0.2) is 4.79 Å². The van der Waals surface area contributed by atoms with Gasteiger partial charge in [-0.3, -0.25) is 0 Å². The monoisotopic (exact) mass is 328 g/mol. The van der Waals surface area contributed by atoms with Crippen molar-refractivity contribution in [3.05, 3.63) is 36.0 Å². The van der Waals surface area contributed by atoms with E-state index in [-0.39, 0.29) is 6.03 Å². The Bertz CT molecular complexity index is 566. The second kappa shape index (κ2) is 8.20. The molecule has 1 saturated carbocycles. The number of hydrogen-bond acceptors (Lipinski definition) is 3. The molecule has 3 rings (SSSR count). The maximum atomic E-state index is 12.0. The van der Waals surface area contributed by atoms with Gasteiger partial charge in [0.15, 0.2) is 0 Å². The van der Waals surface area contributed by atoms with E-state index in [0.29, 0.717) is 0 Å². The molecule has 5 heteroatoms. The van der Waals surface area contributed by atoms with E-state index in [2.05, 4.69) is 39.6 Å². The lowest BCUT2D eigenvalue weighted by atomic mass is 9.96. The molecule has 2 N–H and O–H groups in total. The maximum Gasteiger partial charge on any atom is 0.323 e. The number of carbonyl (C=O) groups is 1. The van der Waals surface area contributed by atoms with Gasteiger partial charge < -0.3 is 20.4 Å². The van der Waals surface area contributed by atoms with E-state index in [1.807, 2.05) is 18.3 Å². The number of benzene rings is 1. The molecular formula is C19H28N4O. The topological polar surface area (TPSA) is 47.6 Å². The number of amides is 2. The fraction of sp³-hybridized carbons (Fsp3) is 0.526. The van der Waals surface area contributed by atoms with Gasteiger partial charge in [0.1, 0.15) is 0 Å². The Morgan fingerprint density at radius 1 is 1.00 bits per heavy atom. The van der Waals surface area contributed by atoms with Gasteiger partial charge in [-0.05, 0) is 57.0 Å². The third-order valence-corrected chi connectivity index (χ3v) is 4.90. The fourth-order valence-corrected chi connectivity index (χ4v) is 3.31. The molecule has 1 saturated heterocycles. The number of nitrogens with zero attached hydrogens (tertiary/aromatic N) is 2. The molecule has 0 atom stereocenters. The highest BCUT2D eigenvalue weighted by atomic mass is 16.2. The molecule has 0 bridgehead atoms. The Morgan fingerprint density at radius 2 is 1.67 bits per heavy atom. The van der Waals surface area contributed by atoms with E-state index < -0.39 is 0 Å². The molecule has 1 aromatic carbocycles. The van der Waals surface area contributed by atoms with Gasteiger partial charge in [0.2, 0.25) is 0 Å². The average Bonchev–Trinajstić information content (AvgIpc) is 2.62. The van der Waals surface area contributed by atoms with Crippen LogP contribution in [-0.4, -0.2) is 44.2 Å². The molecule has 0 radical (unpaired) electrons. The van der Waals surface area contributed by atoms with Crippen LogP contribution in [0.25, 0.3) is 0 Å². The molecule has 2 amide bonds. The van der Waals surface area contributed by atoms with Crippen molar-refractivity contribution in [2.24, 2.45) is 0 Å². The largest absolute Gasteiger partial charge is 0.369 e. The first-order valence-electron chi connectivity index (χ1n) is 9.00. The third-order valence-electron chi connectivity index (χ3n) is 4.90. The Balaban J connectivity index is 1.49. The summed E-state index contributed by atoms with van der Waals surface area (Å²) in [5, 5.41) is 5.75. The summed E-state index contributed by atoms with van der Waals surface area (Å²) in [5.74, 6) is 0. The van der Waals surface area contributed by atoms with Gasteiger partial charge in [0.25, 0.3) is 0 Å². The first-order chi connectivity index (χ1) is 11.7. The van der Waals surface area contributed by atoms with Crippen LogP contribution in [0.5, 0.6) is 0 Å². The van der Waals surface area contributed by atoms with Crippen molar-refractivity contribution in [1.29, 1.82) is 0 Å². The van der Waals surface area contributed by atoms with Crippen LogP contribution in [0, 0.1) is 0 Å². The number of carbonyl (C=O) groups excluding carboxylic acids is 1. The van der Waals surface area contributed by atoms with Crippen molar-refractivity contribution in [1.82, 2.24) is 10.2 Å². The van der Waals surface area contributed by atoms with Crippen LogP contribution in [-0.2, 0) is 0 Å². The number of likely N-dealkylation sites (N-methyl/N-ethyl adjacent to an activating group) is 1. The minimum Gasteiger partial charge on any atom is -0.369 e. The van der Waals surface area contributed by atoms with Crippen LogP contribution < -0.4 is 15.5 Å². The van der Waals surface area contributed by atoms with Crippen LogP contribution >= 0.6 is 0 Å². The van der Waals surface area contributed by atoms with Crippen LogP contribution in [0.15, 0.2) is 36.0 Å². The van der Waals surface area contributed by atoms with Crippen molar-refractivity contribution in [3.63, 3.8) is 0 Å². The molecule has 0 unspecified atom stereocenters. The van der Waals surface area contributed by atoms with Gasteiger partial charge in [0, 0.05) is 43.8 Å². The van der Waals surface area contributed by atoms with Crippen LogP contribution in [0.2, 0.25) is 0 Å². The molecule has 2 fully saturated rings. The molecule has 1 aliphatic carbocycles. The number of anilines is 2. The van der Waals surface area contributed by atoms with Gasteiger partial charge >= 0.3 is 6.03 Å². The molecule has 2 aliphatic rings. The summed E-state index contributed by atoms with van der Waals surface area (Å²) >= 11 is 0. The average molecular weight is 328 g/mol. The minimum atomic E-state index is -0.166. The Labute approximate surface area is 144 Å². The first-order valence-corrected chi connectivity index (χ1v) is 9.00. The second-order valence-corrected chi connectivity index (χ2v) is 6.80. The van der Waals surface area contributed by atoms with Gasteiger partial charge in [-0.15, -0.1) is 0 Å². The molecule has 0 aromatic heterocycles. The summed E-state index contributed by atoms with van der Waals surface area (Å²) in [4.78, 5) is 16.7. The lowest BCUT2D eigenvalue weighted by molar-refractivity contribution is 0.255. The Morgan fingerprint density at radius 3 is 2.33 bits per heavy atom. The standard InChI is InChI=1S/C19H28N4O/c1-22-11-13-23(14-12-22)18-9-7-17(8-10-18)21-19(24)20-15-16-5-3-2-4-6-16/h7-10,15H,2-6,11-14H2,1H3,(H2,20,21,24). The highest BCUT2D eigenvalue weighted by Crippen LogP contribution is 2.22. The lowest BCUT2D eigenvalue weighted by Crippen LogP contribution is -2.44. The predicted octanol–water partition coefficient (Wildman–Crippen LogP) is 3.41. The van der Waals surface area contributed by atoms with Gasteiger partial charge in [-0.2, -0.15) is 0 Å². The van der Waals surface area contributed by atoms with E-state index in [1.54, 1.807) is 0 Å². The van der Waals surface area contributed by atoms with Crippen LogP contribution in [0.3, 0.4) is 0 Å². The summed E-state index contributed by atoms with van der Waals surface area (Å²) in [5.41, 5.74) is 3.40. The summed E-state index contributed by atoms with van der Waals surface area (Å²) in [7, 11) is 2.16. The predicted molar refractivity (Wildman–Crippen MR) is 99.5 cm³/mol. The van der Waals surface area contributed by atoms with E-state index >= 15 is 0 Å². The molecule has 5 nitrogen and oxygen atoms in total. The molecule has 24 heavy (non-hydrogen) atoms. The van der Waals surface area contributed by atoms with Crippen molar-refractivity contribution in [3.8, 4) is 0 Å². The minimum absolute atomic E-state index is 0.166. The van der Waals surface area contributed by atoms with Crippen LogP contribution in [0.4, 0.5) is 16.2 Å². The molecule has 1 aliphatic heterocycles. The van der Waals surface area contributed by atoms with E-state index in [0.717, 1.165) is 44.7 Å². The molecule has 130 valence electrons. The molecule has 1 aromatic rings. The van der Waals surface area contributed by atoms with Crippen molar-refractivity contribution >= 4 is 17.4 Å². The summed E-state index contributed by atoms with van der Waals surface area (Å²) in [6.45, 7) is 4.29. The number of allylic oxidation sites excluding steroid dienone is 1. The molecular weight excluding hydrogens is 300 g/mol. The zero-order valence-corrected chi connectivity index (χ0v) is 14.6. The number of rotatable bonds is 3. The molecule has 1 heterocycles. The van der Waals surface area contributed by atoms with Gasteiger partial charge in [0.05, 0.1) is 0 Å². The zero-order chi connectivity index (χ0) is 16.8. The summed E-state index contributed by atoms with van der Waals surface area (Å²) in [6.07, 6.45) is 7.89. The fourth-order valence-electron chi connectivity index (χ4n) is 3.31. The second-order valence-electron chi connectivity index (χ2n) is 6.80. The number of hydrogen-bond donors (Lipinski definition) is 2. The third kappa shape index (κ3) is 4.74. The van der Waals surface area contributed by atoms with Crippen molar-refractivity contribution < 1.29 is 4.79 Å². The van der Waals surface area contributed by atoms with E-state index in [1.165, 1.54) is 30.5 Å². The van der Waals surface area contributed by atoms with E-state index in [4.69, 9.17) is 0 Å². The first kappa shape index (κ1) is 16.8. The van der Waals surface area contributed by atoms with Gasteiger partial charge in [-0.1, -0.05) is 12.0 Å². The Hall–Kier alpha value is -2.01. The summed E-state index contributed by atoms with van der Waals surface area (Å²) < 4.78 is 0. The number of nitrogens with one attached hydrogen (secondary N) is 2. The van der Waals surface area contributed by atoms with Crippen molar-refractivity contribution in [2.75, 3.05) is 43.4 Å². The lowest BCUT2D eigenvalue weighted by Gasteiger charge is -2.34. The maximum absolute atomic E-state index is 12.0. The normalized spacial score (nSPS) is 19.0. The quantitative estimate of drug-likeness (QED) is 0.894. The zero-order valence-electron chi connectivity index (χ0n) is 14.6. The highest BCUT2D eigenvalue weighted by molar-refractivity contribution is 5.90. The highest BCUT2D eigenvalue weighted by Gasteiger charge is 2.14. The smallest absolute Gasteiger partial charge is 0.323 e. The number of piperazine rings is 1. The molecule has 0 spiro atoms. The van der Waals surface area contributed by atoms with Crippen molar-refractivity contribution in [2.45, 2.75) is 32.1 Å². The SMILES string of the molecule is CN1CCN(c2ccc(NC(=O)NC=C3CCCCC3)cc2)CC1.